The Morgan fingerprint density at radius 1 is 1.25 bits per heavy atom. The van der Waals surface area contributed by atoms with E-state index in [-0.39, 0.29) is 5.56 Å². The lowest BCUT2D eigenvalue weighted by Crippen LogP contribution is -2.22. The number of alkyl halides is 2. The van der Waals surface area contributed by atoms with Gasteiger partial charge >= 0.3 is 0 Å². The van der Waals surface area contributed by atoms with Crippen LogP contribution in [0.2, 0.25) is 0 Å². The van der Waals surface area contributed by atoms with Crippen molar-refractivity contribution in [3.05, 3.63) is 41.5 Å². The Morgan fingerprint density at radius 3 is 2.38 bits per heavy atom. The van der Waals surface area contributed by atoms with E-state index in [1.165, 1.54) is 12.1 Å². The zero-order valence-electron chi connectivity index (χ0n) is 9.58. The van der Waals surface area contributed by atoms with E-state index >= 15 is 0 Å². The van der Waals surface area contributed by atoms with E-state index in [2.05, 4.69) is 5.32 Å². The molecule has 0 heterocycles. The van der Waals surface area contributed by atoms with E-state index in [0.717, 1.165) is 12.1 Å². The molecule has 1 unspecified atom stereocenters. The van der Waals surface area contributed by atoms with Crippen molar-refractivity contribution in [1.82, 2.24) is 5.32 Å². The largest absolute Gasteiger partial charge is 0.311 e. The van der Waals surface area contributed by atoms with Gasteiger partial charge in [-0.05, 0) is 19.0 Å². The minimum Gasteiger partial charge on any atom is -0.311 e. The molecular weight excluding hydrogens is 208 g/mol. The van der Waals surface area contributed by atoms with Crippen LogP contribution in [0.25, 0.3) is 6.08 Å². The maximum absolute atomic E-state index is 12.3. The topological polar surface area (TPSA) is 12.0 Å². The highest BCUT2D eigenvalue weighted by Crippen LogP contribution is 2.19. The van der Waals surface area contributed by atoms with Gasteiger partial charge in [0.25, 0.3) is 6.43 Å². The minimum atomic E-state index is -2.39. The average molecular weight is 225 g/mol. The molecule has 88 valence electrons. The molecule has 0 aromatic heterocycles. The van der Waals surface area contributed by atoms with Crippen molar-refractivity contribution < 1.29 is 8.78 Å². The number of nitrogens with one attached hydrogen (secondary N) is 1. The van der Waals surface area contributed by atoms with Gasteiger partial charge in [0.1, 0.15) is 0 Å². The van der Waals surface area contributed by atoms with E-state index in [1.807, 2.05) is 26.0 Å². The third kappa shape index (κ3) is 4.11. The molecule has 0 bridgehead atoms. The van der Waals surface area contributed by atoms with Crippen molar-refractivity contribution in [2.24, 2.45) is 0 Å². The summed E-state index contributed by atoms with van der Waals surface area (Å²) in [6, 6.07) is 6.62. The number of hydrogen-bond donors (Lipinski definition) is 1. The van der Waals surface area contributed by atoms with Crippen LogP contribution < -0.4 is 5.32 Å². The highest BCUT2D eigenvalue weighted by molar-refractivity contribution is 5.50. The molecule has 0 radical (unpaired) electrons. The van der Waals surface area contributed by atoms with Gasteiger partial charge in [-0.15, -0.1) is 0 Å². The van der Waals surface area contributed by atoms with Crippen molar-refractivity contribution >= 4 is 6.08 Å². The first-order valence-electron chi connectivity index (χ1n) is 5.43. The van der Waals surface area contributed by atoms with Gasteiger partial charge in [-0.25, -0.2) is 8.78 Å². The molecule has 0 saturated carbocycles. The van der Waals surface area contributed by atoms with E-state index in [9.17, 15) is 8.78 Å². The maximum atomic E-state index is 12.3. The summed E-state index contributed by atoms with van der Waals surface area (Å²) in [6.45, 7) is 5.01. The number of halogens is 2. The Labute approximate surface area is 95.2 Å². The fourth-order valence-corrected chi connectivity index (χ4v) is 1.40. The molecule has 1 aromatic rings. The van der Waals surface area contributed by atoms with Crippen molar-refractivity contribution in [3.8, 4) is 0 Å². The monoisotopic (exact) mass is 225 g/mol. The summed E-state index contributed by atoms with van der Waals surface area (Å²) in [6.07, 6.45) is 1.56. The van der Waals surface area contributed by atoms with Gasteiger partial charge in [-0.1, -0.05) is 43.3 Å². The molecular formula is C13H17F2N. The number of hydrogen-bond acceptors (Lipinski definition) is 1. The normalized spacial score (nSPS) is 13.6. The summed E-state index contributed by atoms with van der Waals surface area (Å²) in [5, 5.41) is 3.24. The van der Waals surface area contributed by atoms with Crippen LogP contribution in [0.4, 0.5) is 8.78 Å². The molecule has 0 aliphatic heterocycles. The second-order valence-electron chi connectivity index (χ2n) is 3.67. The lowest BCUT2D eigenvalue weighted by Gasteiger charge is -2.05. The summed E-state index contributed by atoms with van der Waals surface area (Å²) in [7, 11) is 0. The van der Waals surface area contributed by atoms with Crippen LogP contribution in [0, 0.1) is 0 Å². The summed E-state index contributed by atoms with van der Waals surface area (Å²) in [5.74, 6) is 0. The van der Waals surface area contributed by atoms with E-state index in [1.54, 1.807) is 12.1 Å². The van der Waals surface area contributed by atoms with Gasteiger partial charge in [-0.3, -0.25) is 0 Å². The van der Waals surface area contributed by atoms with Gasteiger partial charge in [0.15, 0.2) is 0 Å². The van der Waals surface area contributed by atoms with Gasteiger partial charge in [-0.2, -0.15) is 0 Å². The van der Waals surface area contributed by atoms with Crippen LogP contribution in [-0.4, -0.2) is 12.6 Å². The Balaban J connectivity index is 2.61. The first-order valence-corrected chi connectivity index (χ1v) is 5.43. The minimum absolute atomic E-state index is 0.0666. The second-order valence-corrected chi connectivity index (χ2v) is 3.67. The number of likely N-dealkylation sites (N-methyl/N-ethyl adjacent to an activating group) is 1. The molecule has 0 saturated heterocycles. The van der Waals surface area contributed by atoms with Gasteiger partial charge in [0.05, 0.1) is 0 Å². The van der Waals surface area contributed by atoms with E-state index in [0.29, 0.717) is 6.04 Å². The predicted octanol–water partition coefficient (Wildman–Crippen LogP) is 3.64. The molecule has 0 amide bonds. The summed E-state index contributed by atoms with van der Waals surface area (Å²) < 4.78 is 24.6. The summed E-state index contributed by atoms with van der Waals surface area (Å²) in [5.41, 5.74) is 1.01. The van der Waals surface area contributed by atoms with Gasteiger partial charge < -0.3 is 5.32 Å². The Kier molecular flexibility index (Phi) is 5.12. The zero-order valence-corrected chi connectivity index (χ0v) is 9.58. The fourth-order valence-electron chi connectivity index (χ4n) is 1.40. The van der Waals surface area contributed by atoms with Crippen LogP contribution in [0.15, 0.2) is 30.3 Å². The SMILES string of the molecule is CCNC(C)/C=C/c1ccc(C(F)F)cc1. The molecule has 0 aliphatic carbocycles. The van der Waals surface area contributed by atoms with Crippen molar-refractivity contribution in [3.63, 3.8) is 0 Å². The lowest BCUT2D eigenvalue weighted by atomic mass is 10.1. The lowest BCUT2D eigenvalue weighted by molar-refractivity contribution is 0.151. The molecule has 1 aromatic carbocycles. The van der Waals surface area contributed by atoms with Gasteiger partial charge in [0, 0.05) is 11.6 Å². The van der Waals surface area contributed by atoms with Crippen molar-refractivity contribution in [2.45, 2.75) is 26.3 Å². The van der Waals surface area contributed by atoms with Crippen molar-refractivity contribution in [2.75, 3.05) is 6.54 Å². The third-order valence-electron chi connectivity index (χ3n) is 2.29. The standard InChI is InChI=1S/C13H17F2N/c1-3-16-10(2)4-5-11-6-8-12(9-7-11)13(14)15/h4-10,13,16H,3H2,1-2H3/b5-4+. The van der Waals surface area contributed by atoms with Crippen LogP contribution in [-0.2, 0) is 0 Å². The summed E-state index contributed by atoms with van der Waals surface area (Å²) >= 11 is 0. The van der Waals surface area contributed by atoms with Crippen LogP contribution >= 0.6 is 0 Å². The second kappa shape index (κ2) is 6.38. The van der Waals surface area contributed by atoms with Crippen LogP contribution in [0.5, 0.6) is 0 Å². The maximum Gasteiger partial charge on any atom is 0.263 e. The Hall–Kier alpha value is -1.22. The Morgan fingerprint density at radius 2 is 1.88 bits per heavy atom. The Bertz CT molecular complexity index is 330. The number of rotatable bonds is 5. The third-order valence-corrected chi connectivity index (χ3v) is 2.29. The molecule has 0 spiro atoms. The summed E-state index contributed by atoms with van der Waals surface area (Å²) in [4.78, 5) is 0. The smallest absolute Gasteiger partial charge is 0.263 e. The number of benzene rings is 1. The van der Waals surface area contributed by atoms with Crippen LogP contribution in [0.1, 0.15) is 31.4 Å². The van der Waals surface area contributed by atoms with Gasteiger partial charge in [0.2, 0.25) is 0 Å². The first kappa shape index (κ1) is 12.8. The van der Waals surface area contributed by atoms with Crippen molar-refractivity contribution in [1.29, 1.82) is 0 Å². The molecule has 1 atom stereocenters. The van der Waals surface area contributed by atoms with E-state index < -0.39 is 6.43 Å². The highest BCUT2D eigenvalue weighted by atomic mass is 19.3. The predicted molar refractivity (Wildman–Crippen MR) is 63.6 cm³/mol. The molecule has 1 N–H and O–H groups in total. The van der Waals surface area contributed by atoms with E-state index in [4.69, 9.17) is 0 Å². The molecule has 1 rings (SSSR count). The average Bonchev–Trinajstić information content (AvgIpc) is 2.27. The highest BCUT2D eigenvalue weighted by Gasteiger charge is 2.04. The quantitative estimate of drug-likeness (QED) is 0.806. The molecule has 3 heteroatoms. The first-order chi connectivity index (χ1) is 7.63. The molecule has 16 heavy (non-hydrogen) atoms. The van der Waals surface area contributed by atoms with Crippen LogP contribution in [0.3, 0.4) is 0 Å². The molecule has 0 fully saturated rings. The fraction of sp³-hybridized carbons (Fsp3) is 0.385. The molecule has 0 aliphatic rings. The molecule has 1 nitrogen and oxygen atoms in total. The zero-order chi connectivity index (χ0) is 12.0.